The third-order valence-corrected chi connectivity index (χ3v) is 2.96. The van der Waals surface area contributed by atoms with E-state index in [9.17, 15) is 5.11 Å². The van der Waals surface area contributed by atoms with Crippen molar-refractivity contribution in [2.24, 2.45) is 0 Å². The van der Waals surface area contributed by atoms with Gasteiger partial charge in [-0.25, -0.2) is 0 Å². The topological polar surface area (TPSA) is 29.5 Å². The highest BCUT2D eigenvalue weighted by atomic mass is 35.5. The zero-order valence-electron chi connectivity index (χ0n) is 8.86. The molecule has 0 atom stereocenters. The van der Waals surface area contributed by atoms with Gasteiger partial charge in [-0.05, 0) is 24.3 Å². The number of halogens is 2. The minimum Gasteiger partial charge on any atom is -0.455 e. The van der Waals surface area contributed by atoms with Gasteiger partial charge >= 0.3 is 0 Å². The molecule has 1 N–H and O–H groups in total. The summed E-state index contributed by atoms with van der Waals surface area (Å²) in [6, 6.07) is 12.3. The van der Waals surface area contributed by atoms with Crippen LogP contribution in [0.3, 0.4) is 0 Å². The molecule has 2 aromatic rings. The van der Waals surface area contributed by atoms with Crippen molar-refractivity contribution < 1.29 is 9.84 Å². The first-order chi connectivity index (χ1) is 8.22. The monoisotopic (exact) mass is 268 g/mol. The predicted molar refractivity (Wildman–Crippen MR) is 68.9 cm³/mol. The van der Waals surface area contributed by atoms with Crippen LogP contribution in [0.2, 0.25) is 10.0 Å². The smallest absolute Gasteiger partial charge is 0.146 e. The number of benzene rings is 2. The van der Waals surface area contributed by atoms with Crippen molar-refractivity contribution in [3.8, 4) is 11.5 Å². The fraction of sp³-hybridized carbons (Fsp3) is 0.0769. The van der Waals surface area contributed by atoms with Crippen molar-refractivity contribution in [1.29, 1.82) is 0 Å². The van der Waals surface area contributed by atoms with E-state index in [4.69, 9.17) is 27.9 Å². The average Bonchev–Trinajstić information content (AvgIpc) is 2.32. The second kappa shape index (κ2) is 5.41. The number of para-hydroxylation sites is 1. The first kappa shape index (κ1) is 12.2. The van der Waals surface area contributed by atoms with Crippen LogP contribution in [-0.4, -0.2) is 5.11 Å². The summed E-state index contributed by atoms with van der Waals surface area (Å²) in [6.07, 6.45) is 0. The Morgan fingerprint density at radius 2 is 1.53 bits per heavy atom. The lowest BCUT2D eigenvalue weighted by Crippen LogP contribution is -1.93. The molecule has 17 heavy (non-hydrogen) atoms. The van der Waals surface area contributed by atoms with Gasteiger partial charge in [0.15, 0.2) is 0 Å². The minimum atomic E-state index is -0.181. The molecule has 0 amide bonds. The maximum atomic E-state index is 9.25. The summed E-state index contributed by atoms with van der Waals surface area (Å²) in [5.41, 5.74) is 0.550. The van der Waals surface area contributed by atoms with Gasteiger partial charge in [0.1, 0.15) is 11.5 Å². The van der Waals surface area contributed by atoms with Crippen molar-refractivity contribution in [3.63, 3.8) is 0 Å². The molecule has 2 aromatic carbocycles. The van der Waals surface area contributed by atoms with Crippen LogP contribution in [0.4, 0.5) is 0 Å². The quantitative estimate of drug-likeness (QED) is 0.901. The zero-order valence-corrected chi connectivity index (χ0v) is 10.4. The maximum absolute atomic E-state index is 9.25. The summed E-state index contributed by atoms with van der Waals surface area (Å²) >= 11 is 12.0. The third-order valence-electron chi connectivity index (χ3n) is 2.29. The molecule has 0 aliphatic carbocycles. The number of hydrogen-bond donors (Lipinski definition) is 1. The van der Waals surface area contributed by atoms with Gasteiger partial charge in [-0.2, -0.15) is 0 Å². The van der Waals surface area contributed by atoms with Crippen LogP contribution < -0.4 is 4.74 Å². The van der Waals surface area contributed by atoms with E-state index in [2.05, 4.69) is 0 Å². The molecule has 0 unspecified atom stereocenters. The normalized spacial score (nSPS) is 10.3. The molecule has 0 aliphatic heterocycles. The Balaban J connectivity index is 2.37. The Hall–Kier alpha value is -1.22. The van der Waals surface area contributed by atoms with Crippen molar-refractivity contribution >= 4 is 23.2 Å². The van der Waals surface area contributed by atoms with E-state index in [1.54, 1.807) is 30.3 Å². The lowest BCUT2D eigenvalue weighted by molar-refractivity contribution is 0.276. The molecular formula is C13H10Cl2O2. The Kier molecular flexibility index (Phi) is 3.89. The zero-order chi connectivity index (χ0) is 12.3. The van der Waals surface area contributed by atoms with Crippen LogP contribution in [-0.2, 0) is 6.61 Å². The summed E-state index contributed by atoms with van der Waals surface area (Å²) in [5.74, 6) is 1.04. The van der Waals surface area contributed by atoms with Crippen molar-refractivity contribution in [2.45, 2.75) is 6.61 Å². The molecular weight excluding hydrogens is 259 g/mol. The molecule has 88 valence electrons. The van der Waals surface area contributed by atoms with E-state index < -0.39 is 0 Å². The molecule has 0 aromatic heterocycles. The molecule has 0 fully saturated rings. The molecule has 2 rings (SSSR count). The van der Waals surface area contributed by atoms with Crippen molar-refractivity contribution in [1.82, 2.24) is 0 Å². The molecule has 0 heterocycles. The van der Waals surface area contributed by atoms with E-state index in [0.717, 1.165) is 0 Å². The minimum absolute atomic E-state index is 0.181. The Labute approximate surface area is 109 Å². The van der Waals surface area contributed by atoms with Gasteiger partial charge in [-0.15, -0.1) is 0 Å². The molecule has 2 nitrogen and oxygen atoms in total. The number of rotatable bonds is 3. The molecule has 0 saturated carbocycles. The lowest BCUT2D eigenvalue weighted by Gasteiger charge is -2.11. The van der Waals surface area contributed by atoms with Crippen LogP contribution in [0.1, 0.15) is 5.56 Å². The first-order valence-corrected chi connectivity index (χ1v) is 5.78. The van der Waals surface area contributed by atoms with E-state index in [1.807, 2.05) is 12.1 Å². The van der Waals surface area contributed by atoms with Gasteiger partial charge in [0.25, 0.3) is 0 Å². The summed E-state index contributed by atoms with van der Waals surface area (Å²) in [7, 11) is 0. The highest BCUT2D eigenvalue weighted by Crippen LogP contribution is 2.33. The fourth-order valence-corrected chi connectivity index (χ4v) is 1.83. The average molecular weight is 269 g/mol. The van der Waals surface area contributed by atoms with Crippen LogP contribution in [0, 0.1) is 0 Å². The Morgan fingerprint density at radius 1 is 0.882 bits per heavy atom. The van der Waals surface area contributed by atoms with E-state index in [-0.39, 0.29) is 6.61 Å². The summed E-state index contributed by atoms with van der Waals surface area (Å²) in [6.45, 7) is -0.181. The van der Waals surface area contributed by atoms with Gasteiger partial charge < -0.3 is 9.84 Å². The standard InChI is InChI=1S/C13H10Cl2O2/c14-10-5-3-7-12(9(10)8-16)17-13-6-2-1-4-11(13)15/h1-7,16H,8H2. The molecule has 0 aliphatic rings. The SMILES string of the molecule is OCc1c(Cl)cccc1Oc1ccccc1Cl. The van der Waals surface area contributed by atoms with Gasteiger partial charge in [-0.3, -0.25) is 0 Å². The first-order valence-electron chi connectivity index (χ1n) is 5.03. The second-order valence-electron chi connectivity index (χ2n) is 3.41. The van der Waals surface area contributed by atoms with Crippen molar-refractivity contribution in [2.75, 3.05) is 0 Å². The fourth-order valence-electron chi connectivity index (χ4n) is 1.43. The van der Waals surface area contributed by atoms with E-state index >= 15 is 0 Å². The van der Waals surface area contributed by atoms with Gasteiger partial charge in [0.2, 0.25) is 0 Å². The van der Waals surface area contributed by atoms with Gasteiger partial charge in [-0.1, -0.05) is 41.4 Å². The van der Waals surface area contributed by atoms with E-state index in [0.29, 0.717) is 27.1 Å². The number of hydrogen-bond acceptors (Lipinski definition) is 2. The summed E-state index contributed by atoms with van der Waals surface area (Å²) in [4.78, 5) is 0. The van der Waals surface area contributed by atoms with Crippen LogP contribution in [0.5, 0.6) is 11.5 Å². The molecule has 0 saturated heterocycles. The van der Waals surface area contributed by atoms with Gasteiger partial charge in [0, 0.05) is 10.6 Å². The predicted octanol–water partition coefficient (Wildman–Crippen LogP) is 4.28. The molecule has 0 bridgehead atoms. The van der Waals surface area contributed by atoms with Gasteiger partial charge in [0.05, 0.1) is 11.6 Å². The molecule has 4 heteroatoms. The highest BCUT2D eigenvalue weighted by Gasteiger charge is 2.09. The highest BCUT2D eigenvalue weighted by molar-refractivity contribution is 6.32. The largest absolute Gasteiger partial charge is 0.455 e. The summed E-state index contributed by atoms with van der Waals surface area (Å²) < 4.78 is 5.64. The second-order valence-corrected chi connectivity index (χ2v) is 4.22. The molecule has 0 spiro atoms. The number of aliphatic hydroxyl groups excluding tert-OH is 1. The van der Waals surface area contributed by atoms with Crippen molar-refractivity contribution in [3.05, 3.63) is 58.1 Å². The summed E-state index contributed by atoms with van der Waals surface area (Å²) in [5, 5.41) is 10.2. The maximum Gasteiger partial charge on any atom is 0.146 e. The van der Waals surface area contributed by atoms with Crippen LogP contribution >= 0.6 is 23.2 Å². The Bertz CT molecular complexity index is 527. The van der Waals surface area contributed by atoms with Crippen LogP contribution in [0.25, 0.3) is 0 Å². The number of ether oxygens (including phenoxy) is 1. The van der Waals surface area contributed by atoms with E-state index in [1.165, 1.54) is 0 Å². The Morgan fingerprint density at radius 3 is 2.24 bits per heavy atom. The van der Waals surface area contributed by atoms with Crippen LogP contribution in [0.15, 0.2) is 42.5 Å². The number of aliphatic hydroxyl groups is 1. The lowest BCUT2D eigenvalue weighted by atomic mass is 10.2. The molecule has 0 radical (unpaired) electrons. The third kappa shape index (κ3) is 2.72.